The molecule has 0 aliphatic rings. The van der Waals surface area contributed by atoms with E-state index in [4.69, 9.17) is 26.7 Å². The second-order valence-electron chi connectivity index (χ2n) is 2.95. The first-order valence-corrected chi connectivity index (χ1v) is 5.03. The second-order valence-corrected chi connectivity index (χ2v) is 3.33. The third-order valence-electron chi connectivity index (χ3n) is 2.01. The van der Waals surface area contributed by atoms with Gasteiger partial charge in [0.1, 0.15) is 6.07 Å². The van der Waals surface area contributed by atoms with Crippen LogP contribution in [0.3, 0.4) is 0 Å². The molecule has 0 atom stereocenters. The highest BCUT2D eigenvalue weighted by Gasteiger charge is 2.17. The molecule has 0 unspecified atom stereocenters. The van der Waals surface area contributed by atoms with Gasteiger partial charge in [0, 0.05) is 0 Å². The number of aliphatic hydroxyl groups is 1. The quantitative estimate of drug-likeness (QED) is 0.818. The average Bonchev–Trinajstić information content (AvgIpc) is 2.28. The van der Waals surface area contributed by atoms with E-state index < -0.39 is 5.97 Å². The first-order chi connectivity index (χ1) is 7.65. The lowest BCUT2D eigenvalue weighted by Crippen LogP contribution is -2.07. The van der Waals surface area contributed by atoms with E-state index in [2.05, 4.69) is 0 Å². The summed E-state index contributed by atoms with van der Waals surface area (Å²) in [5.74, 6) is -0.575. The fourth-order valence-electron chi connectivity index (χ4n) is 1.24. The number of carbonyl (C=O) groups is 1. The maximum Gasteiger partial charge on any atom is 0.339 e. The summed E-state index contributed by atoms with van der Waals surface area (Å²) in [7, 11) is 0. The predicted molar refractivity (Wildman–Crippen MR) is 58.0 cm³/mol. The highest BCUT2D eigenvalue weighted by molar-refractivity contribution is 6.34. The van der Waals surface area contributed by atoms with Gasteiger partial charge in [-0.1, -0.05) is 17.7 Å². The van der Waals surface area contributed by atoms with Crippen LogP contribution in [0.25, 0.3) is 0 Å². The van der Waals surface area contributed by atoms with Crippen molar-refractivity contribution < 1.29 is 14.6 Å². The molecule has 0 saturated carbocycles. The summed E-state index contributed by atoms with van der Waals surface area (Å²) in [6.45, 7) is 1.61. The Morgan fingerprint density at radius 3 is 2.81 bits per heavy atom. The summed E-state index contributed by atoms with van der Waals surface area (Å²) in [6.07, 6.45) is 0. The van der Waals surface area contributed by atoms with Crippen LogP contribution in [-0.2, 0) is 11.3 Å². The Hall–Kier alpha value is -1.57. The molecule has 0 aliphatic heterocycles. The van der Waals surface area contributed by atoms with Gasteiger partial charge in [0.2, 0.25) is 0 Å². The van der Waals surface area contributed by atoms with Gasteiger partial charge in [-0.15, -0.1) is 0 Å². The van der Waals surface area contributed by atoms with Gasteiger partial charge < -0.3 is 9.84 Å². The van der Waals surface area contributed by atoms with E-state index in [1.165, 1.54) is 12.1 Å². The molecule has 4 nitrogen and oxygen atoms in total. The number of hydrogen-bond donors (Lipinski definition) is 1. The largest absolute Gasteiger partial charge is 0.462 e. The first kappa shape index (κ1) is 12.5. The molecule has 84 valence electrons. The van der Waals surface area contributed by atoms with Gasteiger partial charge in [0.05, 0.1) is 29.4 Å². The Kier molecular flexibility index (Phi) is 4.29. The Morgan fingerprint density at radius 2 is 2.31 bits per heavy atom. The molecule has 0 aromatic heterocycles. The van der Waals surface area contributed by atoms with Crippen molar-refractivity contribution in [2.45, 2.75) is 13.5 Å². The van der Waals surface area contributed by atoms with Crippen molar-refractivity contribution in [1.82, 2.24) is 0 Å². The van der Waals surface area contributed by atoms with E-state index in [1.807, 2.05) is 6.07 Å². The predicted octanol–water partition coefficient (Wildman–Crippen LogP) is 1.88. The third kappa shape index (κ3) is 2.32. The van der Waals surface area contributed by atoms with E-state index in [0.29, 0.717) is 5.56 Å². The number of ether oxygens (including phenoxy) is 1. The van der Waals surface area contributed by atoms with E-state index >= 15 is 0 Å². The van der Waals surface area contributed by atoms with Gasteiger partial charge in [0.15, 0.2) is 0 Å². The topological polar surface area (TPSA) is 70.3 Å². The lowest BCUT2D eigenvalue weighted by Gasteiger charge is -2.07. The number of esters is 1. The fraction of sp³-hybridized carbons (Fsp3) is 0.273. The molecule has 0 aliphatic carbocycles. The normalized spacial score (nSPS) is 9.62. The van der Waals surface area contributed by atoms with Crippen LogP contribution in [0.2, 0.25) is 5.02 Å². The summed E-state index contributed by atoms with van der Waals surface area (Å²) >= 11 is 5.89. The summed E-state index contributed by atoms with van der Waals surface area (Å²) in [6, 6.07) is 4.77. The van der Waals surface area contributed by atoms with Gasteiger partial charge >= 0.3 is 5.97 Å². The lowest BCUT2D eigenvalue weighted by molar-refractivity contribution is 0.0526. The number of hydrogen-bond acceptors (Lipinski definition) is 4. The van der Waals surface area contributed by atoms with Gasteiger partial charge in [-0.2, -0.15) is 5.26 Å². The molecule has 5 heteroatoms. The van der Waals surface area contributed by atoms with Crippen molar-refractivity contribution in [3.8, 4) is 6.07 Å². The van der Waals surface area contributed by atoms with E-state index in [1.54, 1.807) is 6.92 Å². The smallest absolute Gasteiger partial charge is 0.339 e. The van der Waals surface area contributed by atoms with Crippen LogP contribution in [0, 0.1) is 11.3 Å². The molecule has 16 heavy (non-hydrogen) atoms. The van der Waals surface area contributed by atoms with Crippen LogP contribution in [-0.4, -0.2) is 17.7 Å². The Labute approximate surface area is 98.0 Å². The van der Waals surface area contributed by atoms with Crippen LogP contribution >= 0.6 is 11.6 Å². The summed E-state index contributed by atoms with van der Waals surface area (Å²) < 4.78 is 4.79. The molecule has 0 radical (unpaired) electrons. The molecule has 1 N–H and O–H groups in total. The van der Waals surface area contributed by atoms with E-state index in [-0.39, 0.29) is 29.4 Å². The standard InChI is InChI=1S/C11H10ClNO3/c1-2-16-11(15)8-4-3-7(6-14)9(5-13)10(8)12/h3-4,14H,2,6H2,1H3. The maximum absolute atomic E-state index is 11.5. The number of rotatable bonds is 3. The SMILES string of the molecule is CCOC(=O)c1ccc(CO)c(C#N)c1Cl. The zero-order valence-corrected chi connectivity index (χ0v) is 9.41. The van der Waals surface area contributed by atoms with Crippen molar-refractivity contribution in [2.24, 2.45) is 0 Å². The number of nitrogens with zero attached hydrogens (tertiary/aromatic N) is 1. The number of carbonyl (C=O) groups excluding carboxylic acids is 1. The summed E-state index contributed by atoms with van der Waals surface area (Å²) in [5, 5.41) is 17.9. The highest BCUT2D eigenvalue weighted by Crippen LogP contribution is 2.25. The third-order valence-corrected chi connectivity index (χ3v) is 2.40. The Bertz CT molecular complexity index is 451. The molecular weight excluding hydrogens is 230 g/mol. The molecule has 1 aromatic rings. The minimum atomic E-state index is -0.575. The second kappa shape index (κ2) is 5.50. The van der Waals surface area contributed by atoms with Crippen LogP contribution in [0.15, 0.2) is 12.1 Å². The van der Waals surface area contributed by atoms with Gasteiger partial charge in [0.25, 0.3) is 0 Å². The van der Waals surface area contributed by atoms with Crippen molar-refractivity contribution in [3.63, 3.8) is 0 Å². The van der Waals surface area contributed by atoms with Crippen LogP contribution < -0.4 is 0 Å². The lowest BCUT2D eigenvalue weighted by atomic mass is 10.1. The molecule has 0 fully saturated rings. The molecular formula is C11H10ClNO3. The van der Waals surface area contributed by atoms with Crippen molar-refractivity contribution in [2.75, 3.05) is 6.61 Å². The molecule has 0 heterocycles. The van der Waals surface area contributed by atoms with Crippen LogP contribution in [0.5, 0.6) is 0 Å². The van der Waals surface area contributed by atoms with Crippen LogP contribution in [0.1, 0.15) is 28.4 Å². The zero-order valence-electron chi connectivity index (χ0n) is 8.66. The van der Waals surface area contributed by atoms with Crippen molar-refractivity contribution in [3.05, 3.63) is 33.8 Å². The van der Waals surface area contributed by atoms with Crippen molar-refractivity contribution in [1.29, 1.82) is 5.26 Å². The van der Waals surface area contributed by atoms with Gasteiger partial charge in [-0.25, -0.2) is 4.79 Å². The molecule has 1 rings (SSSR count). The first-order valence-electron chi connectivity index (χ1n) is 4.65. The average molecular weight is 240 g/mol. The number of benzene rings is 1. The highest BCUT2D eigenvalue weighted by atomic mass is 35.5. The van der Waals surface area contributed by atoms with E-state index in [0.717, 1.165) is 0 Å². The molecule has 0 amide bonds. The minimum Gasteiger partial charge on any atom is -0.462 e. The van der Waals surface area contributed by atoms with Crippen molar-refractivity contribution >= 4 is 17.6 Å². The van der Waals surface area contributed by atoms with Crippen LogP contribution in [0.4, 0.5) is 0 Å². The number of aliphatic hydroxyl groups excluding tert-OH is 1. The molecule has 0 saturated heterocycles. The molecule has 0 bridgehead atoms. The fourth-order valence-corrected chi connectivity index (χ4v) is 1.54. The van der Waals surface area contributed by atoms with E-state index in [9.17, 15) is 4.79 Å². The number of nitriles is 1. The minimum absolute atomic E-state index is 0.0208. The Balaban J connectivity index is 3.25. The Morgan fingerprint density at radius 1 is 1.62 bits per heavy atom. The van der Waals surface area contributed by atoms with Gasteiger partial charge in [-0.05, 0) is 18.6 Å². The molecule has 0 spiro atoms. The zero-order chi connectivity index (χ0) is 12.1. The summed E-state index contributed by atoms with van der Waals surface area (Å²) in [5.41, 5.74) is 0.632. The monoisotopic (exact) mass is 239 g/mol. The molecule has 1 aromatic carbocycles. The number of halogens is 1. The van der Waals surface area contributed by atoms with Gasteiger partial charge in [-0.3, -0.25) is 0 Å². The summed E-state index contributed by atoms with van der Waals surface area (Å²) in [4.78, 5) is 11.5. The maximum atomic E-state index is 11.5.